The molecule has 0 amide bonds. The van der Waals surface area contributed by atoms with Gasteiger partial charge in [0, 0.05) is 19.2 Å². The van der Waals surface area contributed by atoms with Gasteiger partial charge in [0.1, 0.15) is 5.69 Å². The third-order valence-corrected chi connectivity index (χ3v) is 5.22. The second-order valence-electron chi connectivity index (χ2n) is 5.08. The Morgan fingerprint density at radius 3 is 2.57 bits per heavy atom. The molecule has 1 aromatic rings. The number of nitro benzene ring substituents is 1. The Bertz CT molecular complexity index is 668. The number of nitrogens with zero attached hydrogens (tertiary/aromatic N) is 1. The minimum atomic E-state index is -3.82. The first kappa shape index (κ1) is 15.7. The number of anilines is 1. The van der Waals surface area contributed by atoms with Crippen LogP contribution in [0.4, 0.5) is 11.4 Å². The predicted molar refractivity (Wildman–Crippen MR) is 76.4 cm³/mol. The average Bonchev–Trinajstić information content (AvgIpc) is 2.32. The molecule has 0 atom stereocenters. The molecule has 1 fully saturated rings. The summed E-state index contributed by atoms with van der Waals surface area (Å²) in [6.07, 6.45) is 1.23. The molecule has 1 saturated carbocycles. The van der Waals surface area contributed by atoms with E-state index >= 15 is 0 Å². The Labute approximate surface area is 122 Å². The summed E-state index contributed by atoms with van der Waals surface area (Å²) in [6, 6.07) is 2.08. The van der Waals surface area contributed by atoms with Crippen LogP contribution in [-0.4, -0.2) is 32.6 Å². The standard InChI is InChI=1S/C12H17N3O5S/c1-7-3-10(13)11(15(16)17)6-12(7)21(18,19)14-8-4-9(5-8)20-2/h3,6,8-9,14H,4-5,13H2,1-2H3. The van der Waals surface area contributed by atoms with Gasteiger partial charge in [0.15, 0.2) is 0 Å². The Morgan fingerprint density at radius 2 is 2.05 bits per heavy atom. The third-order valence-electron chi connectivity index (χ3n) is 3.56. The fourth-order valence-corrected chi connectivity index (χ4v) is 3.79. The molecular weight excluding hydrogens is 298 g/mol. The molecule has 3 N–H and O–H groups in total. The Morgan fingerprint density at radius 1 is 1.43 bits per heavy atom. The van der Waals surface area contributed by atoms with Crippen LogP contribution in [0.15, 0.2) is 17.0 Å². The first-order chi connectivity index (χ1) is 9.74. The van der Waals surface area contributed by atoms with Crippen molar-refractivity contribution in [2.45, 2.75) is 36.8 Å². The number of benzene rings is 1. The van der Waals surface area contributed by atoms with Crippen molar-refractivity contribution in [3.63, 3.8) is 0 Å². The Hall–Kier alpha value is -1.71. The molecule has 0 aromatic heterocycles. The quantitative estimate of drug-likeness (QED) is 0.473. The van der Waals surface area contributed by atoms with Crippen LogP contribution in [0.25, 0.3) is 0 Å². The Balaban J connectivity index is 2.28. The second-order valence-corrected chi connectivity index (χ2v) is 6.76. The zero-order valence-corrected chi connectivity index (χ0v) is 12.5. The summed E-state index contributed by atoms with van der Waals surface area (Å²) < 4.78 is 32.3. The van der Waals surface area contributed by atoms with Crippen molar-refractivity contribution < 1.29 is 18.1 Å². The van der Waals surface area contributed by atoms with Crippen molar-refractivity contribution in [3.8, 4) is 0 Å². The molecule has 1 aromatic carbocycles. The number of hydrogen-bond donors (Lipinski definition) is 2. The van der Waals surface area contributed by atoms with Gasteiger partial charge in [-0.25, -0.2) is 13.1 Å². The van der Waals surface area contributed by atoms with Gasteiger partial charge in [-0.2, -0.15) is 0 Å². The molecule has 116 valence electrons. The van der Waals surface area contributed by atoms with E-state index < -0.39 is 20.6 Å². The van der Waals surface area contributed by atoms with Crippen LogP contribution in [0.3, 0.4) is 0 Å². The molecule has 0 aliphatic heterocycles. The number of nitrogen functional groups attached to an aromatic ring is 1. The minimum absolute atomic E-state index is 0.0551. The zero-order valence-electron chi connectivity index (χ0n) is 11.7. The second kappa shape index (κ2) is 5.58. The molecule has 0 heterocycles. The molecule has 21 heavy (non-hydrogen) atoms. The van der Waals surface area contributed by atoms with Gasteiger partial charge in [0.2, 0.25) is 10.0 Å². The van der Waals surface area contributed by atoms with Crippen molar-refractivity contribution in [2.24, 2.45) is 0 Å². The first-order valence-electron chi connectivity index (χ1n) is 6.34. The number of nitrogens with one attached hydrogen (secondary N) is 1. The van der Waals surface area contributed by atoms with E-state index in [1.807, 2.05) is 0 Å². The molecule has 8 nitrogen and oxygen atoms in total. The van der Waals surface area contributed by atoms with Crippen LogP contribution >= 0.6 is 0 Å². The summed E-state index contributed by atoms with van der Waals surface area (Å²) >= 11 is 0. The Kier molecular flexibility index (Phi) is 4.17. The van der Waals surface area contributed by atoms with Crippen LogP contribution in [-0.2, 0) is 14.8 Å². The number of rotatable bonds is 5. The largest absolute Gasteiger partial charge is 0.393 e. The molecule has 2 rings (SSSR count). The molecule has 0 saturated heterocycles. The SMILES string of the molecule is COC1CC(NS(=O)(=O)c2cc([N+](=O)[O-])c(N)cc2C)C1. The van der Waals surface area contributed by atoms with Crippen molar-refractivity contribution in [3.05, 3.63) is 27.8 Å². The van der Waals surface area contributed by atoms with Crippen molar-refractivity contribution in [2.75, 3.05) is 12.8 Å². The van der Waals surface area contributed by atoms with E-state index in [4.69, 9.17) is 10.5 Å². The number of aryl methyl sites for hydroxylation is 1. The van der Waals surface area contributed by atoms with Gasteiger partial charge in [-0.15, -0.1) is 0 Å². The van der Waals surface area contributed by atoms with Crippen molar-refractivity contribution in [1.82, 2.24) is 4.72 Å². The number of hydrogen-bond acceptors (Lipinski definition) is 6. The van der Waals surface area contributed by atoms with Crippen molar-refractivity contribution >= 4 is 21.4 Å². The lowest BCUT2D eigenvalue weighted by Crippen LogP contribution is -2.47. The highest BCUT2D eigenvalue weighted by atomic mass is 32.2. The van der Waals surface area contributed by atoms with Crippen LogP contribution in [0, 0.1) is 17.0 Å². The summed E-state index contributed by atoms with van der Waals surface area (Å²) in [5, 5.41) is 10.9. The number of ether oxygens (including phenoxy) is 1. The van der Waals surface area contributed by atoms with E-state index in [1.54, 1.807) is 14.0 Å². The first-order valence-corrected chi connectivity index (χ1v) is 7.82. The van der Waals surface area contributed by atoms with Gasteiger partial charge in [-0.3, -0.25) is 10.1 Å². The van der Waals surface area contributed by atoms with Gasteiger partial charge in [0.25, 0.3) is 5.69 Å². The van der Waals surface area contributed by atoms with E-state index in [0.29, 0.717) is 18.4 Å². The highest BCUT2D eigenvalue weighted by molar-refractivity contribution is 7.89. The van der Waals surface area contributed by atoms with E-state index in [-0.39, 0.29) is 22.7 Å². The highest BCUT2D eigenvalue weighted by Gasteiger charge is 2.33. The van der Waals surface area contributed by atoms with Crippen molar-refractivity contribution in [1.29, 1.82) is 0 Å². The van der Waals surface area contributed by atoms with Crippen LogP contribution in [0.5, 0.6) is 0 Å². The maximum Gasteiger partial charge on any atom is 0.293 e. The molecular formula is C12H17N3O5S. The van der Waals surface area contributed by atoms with Gasteiger partial charge >= 0.3 is 0 Å². The third kappa shape index (κ3) is 3.14. The summed E-state index contributed by atoms with van der Waals surface area (Å²) in [7, 11) is -2.25. The lowest BCUT2D eigenvalue weighted by atomic mass is 9.90. The molecule has 0 bridgehead atoms. The average molecular weight is 315 g/mol. The molecule has 1 aliphatic carbocycles. The maximum absolute atomic E-state index is 12.3. The van der Waals surface area contributed by atoms with E-state index in [1.165, 1.54) is 6.07 Å². The fraction of sp³-hybridized carbons (Fsp3) is 0.500. The predicted octanol–water partition coefficient (Wildman–Crippen LogP) is 0.941. The topological polar surface area (TPSA) is 125 Å². The lowest BCUT2D eigenvalue weighted by Gasteiger charge is -2.34. The van der Waals surface area contributed by atoms with Gasteiger partial charge in [-0.05, 0) is 31.4 Å². The highest BCUT2D eigenvalue weighted by Crippen LogP contribution is 2.30. The summed E-state index contributed by atoms with van der Waals surface area (Å²) in [5.74, 6) is 0. The number of nitro groups is 1. The smallest absolute Gasteiger partial charge is 0.293 e. The number of nitrogens with two attached hydrogens (primary N) is 1. The summed E-state index contributed by atoms with van der Waals surface area (Å²) in [4.78, 5) is 10.1. The monoisotopic (exact) mass is 315 g/mol. The van der Waals surface area contributed by atoms with E-state index in [9.17, 15) is 18.5 Å². The molecule has 0 unspecified atom stereocenters. The van der Waals surface area contributed by atoms with Crippen LogP contribution in [0.2, 0.25) is 0 Å². The fourth-order valence-electron chi connectivity index (χ4n) is 2.28. The number of sulfonamides is 1. The van der Waals surface area contributed by atoms with Crippen LogP contribution < -0.4 is 10.5 Å². The van der Waals surface area contributed by atoms with E-state index in [2.05, 4.69) is 4.72 Å². The maximum atomic E-state index is 12.3. The minimum Gasteiger partial charge on any atom is -0.393 e. The summed E-state index contributed by atoms with van der Waals surface area (Å²) in [6.45, 7) is 1.55. The number of methoxy groups -OCH3 is 1. The zero-order chi connectivity index (χ0) is 15.8. The molecule has 0 radical (unpaired) electrons. The van der Waals surface area contributed by atoms with Crippen LogP contribution in [0.1, 0.15) is 18.4 Å². The summed E-state index contributed by atoms with van der Waals surface area (Å²) in [5.41, 5.74) is 5.44. The lowest BCUT2D eigenvalue weighted by molar-refractivity contribution is -0.384. The molecule has 1 aliphatic rings. The molecule has 0 spiro atoms. The normalized spacial score (nSPS) is 21.8. The van der Waals surface area contributed by atoms with Gasteiger partial charge < -0.3 is 10.5 Å². The van der Waals surface area contributed by atoms with E-state index in [0.717, 1.165) is 6.07 Å². The van der Waals surface area contributed by atoms with Gasteiger partial charge in [-0.1, -0.05) is 0 Å². The van der Waals surface area contributed by atoms with Gasteiger partial charge in [0.05, 0.1) is 15.9 Å². The molecule has 9 heteroatoms.